The van der Waals surface area contributed by atoms with Gasteiger partial charge in [-0.2, -0.15) is 0 Å². The molecule has 1 unspecified atom stereocenters. The number of amides is 2. The summed E-state index contributed by atoms with van der Waals surface area (Å²) in [5.41, 5.74) is 0.787. The second-order valence-corrected chi connectivity index (χ2v) is 6.60. The summed E-state index contributed by atoms with van der Waals surface area (Å²) in [6, 6.07) is 1.76. The Bertz CT molecular complexity index is 718. The molecule has 0 radical (unpaired) electrons. The molecule has 3 rings (SSSR count). The summed E-state index contributed by atoms with van der Waals surface area (Å²) in [6.07, 6.45) is 5.03. The fourth-order valence-electron chi connectivity index (χ4n) is 2.70. The Morgan fingerprint density at radius 2 is 2.17 bits per heavy atom. The molecule has 0 spiro atoms. The molecular formula is C16H19N5O2S. The number of thiazole rings is 1. The lowest BCUT2D eigenvalue weighted by molar-refractivity contribution is -0.134. The van der Waals surface area contributed by atoms with Crippen LogP contribution in [0, 0.1) is 5.92 Å². The summed E-state index contributed by atoms with van der Waals surface area (Å²) < 4.78 is 0. The summed E-state index contributed by atoms with van der Waals surface area (Å²) in [4.78, 5) is 38.3. The quantitative estimate of drug-likeness (QED) is 0.907. The van der Waals surface area contributed by atoms with E-state index >= 15 is 0 Å². The molecule has 1 atom stereocenters. The predicted molar refractivity (Wildman–Crippen MR) is 90.0 cm³/mol. The van der Waals surface area contributed by atoms with Gasteiger partial charge < -0.3 is 10.2 Å². The topological polar surface area (TPSA) is 88.1 Å². The molecular weight excluding hydrogens is 326 g/mol. The molecule has 0 aliphatic carbocycles. The first-order valence-electron chi connectivity index (χ1n) is 7.88. The molecule has 24 heavy (non-hydrogen) atoms. The van der Waals surface area contributed by atoms with E-state index in [9.17, 15) is 9.59 Å². The van der Waals surface area contributed by atoms with Crippen LogP contribution in [-0.2, 0) is 16.1 Å². The Morgan fingerprint density at radius 1 is 1.38 bits per heavy atom. The molecule has 126 valence electrons. The zero-order valence-electron chi connectivity index (χ0n) is 13.4. The maximum Gasteiger partial charge on any atom is 0.225 e. The van der Waals surface area contributed by atoms with E-state index in [1.807, 2.05) is 5.38 Å². The number of aromatic nitrogens is 3. The minimum atomic E-state index is -0.141. The van der Waals surface area contributed by atoms with Gasteiger partial charge in [-0.3, -0.25) is 9.59 Å². The summed E-state index contributed by atoms with van der Waals surface area (Å²) in [6.45, 7) is 3.16. The fourth-order valence-corrected chi connectivity index (χ4v) is 3.46. The van der Waals surface area contributed by atoms with Gasteiger partial charge in [0.1, 0.15) is 0 Å². The molecule has 1 saturated heterocycles. The van der Waals surface area contributed by atoms with Crippen molar-refractivity contribution in [3.63, 3.8) is 0 Å². The van der Waals surface area contributed by atoms with Crippen LogP contribution in [0.1, 0.15) is 25.5 Å². The van der Waals surface area contributed by atoms with Crippen molar-refractivity contribution >= 4 is 23.2 Å². The highest BCUT2D eigenvalue weighted by molar-refractivity contribution is 7.13. The summed E-state index contributed by atoms with van der Waals surface area (Å²) in [5.74, 6) is 0.452. The molecule has 1 fully saturated rings. The average molecular weight is 345 g/mol. The van der Waals surface area contributed by atoms with Crippen LogP contribution in [0.2, 0.25) is 0 Å². The smallest absolute Gasteiger partial charge is 0.225 e. The zero-order valence-corrected chi connectivity index (χ0v) is 14.3. The largest absolute Gasteiger partial charge is 0.350 e. The highest BCUT2D eigenvalue weighted by Gasteiger charge is 2.26. The zero-order chi connectivity index (χ0) is 16.9. The minimum absolute atomic E-state index is 0.0218. The van der Waals surface area contributed by atoms with Gasteiger partial charge in [-0.25, -0.2) is 15.0 Å². The Hall–Kier alpha value is -2.35. The van der Waals surface area contributed by atoms with E-state index in [2.05, 4.69) is 20.3 Å². The van der Waals surface area contributed by atoms with Crippen LogP contribution in [0.4, 0.5) is 0 Å². The van der Waals surface area contributed by atoms with Gasteiger partial charge in [0.2, 0.25) is 11.8 Å². The van der Waals surface area contributed by atoms with Gasteiger partial charge in [0, 0.05) is 37.8 Å². The number of nitrogens with zero attached hydrogens (tertiary/aromatic N) is 4. The second kappa shape index (κ2) is 7.48. The predicted octanol–water partition coefficient (Wildman–Crippen LogP) is 1.47. The van der Waals surface area contributed by atoms with Crippen molar-refractivity contribution in [2.75, 3.05) is 13.1 Å². The third-order valence-corrected chi connectivity index (χ3v) is 4.88. The maximum atomic E-state index is 12.3. The summed E-state index contributed by atoms with van der Waals surface area (Å²) >= 11 is 1.45. The highest BCUT2D eigenvalue weighted by Crippen LogP contribution is 2.20. The Balaban J connectivity index is 1.55. The van der Waals surface area contributed by atoms with Crippen molar-refractivity contribution in [2.45, 2.75) is 26.3 Å². The molecule has 2 aromatic heterocycles. The molecule has 7 nitrogen and oxygen atoms in total. The van der Waals surface area contributed by atoms with E-state index < -0.39 is 0 Å². The lowest BCUT2D eigenvalue weighted by atomic mass is 9.97. The maximum absolute atomic E-state index is 12.3. The van der Waals surface area contributed by atoms with Gasteiger partial charge in [0.05, 0.1) is 18.2 Å². The number of hydrogen-bond acceptors (Lipinski definition) is 6. The van der Waals surface area contributed by atoms with Crippen LogP contribution in [0.25, 0.3) is 10.8 Å². The Kier molecular flexibility index (Phi) is 5.14. The van der Waals surface area contributed by atoms with E-state index in [1.54, 1.807) is 30.3 Å². The van der Waals surface area contributed by atoms with Gasteiger partial charge >= 0.3 is 0 Å². The standard InChI is InChI=1S/C16H19N5O2S/c1-11(22)21-7-2-4-12(9-21)15(23)19-8-13-10-24-16(20-13)14-17-5-3-6-18-14/h3,5-6,10,12H,2,4,7-9H2,1H3,(H,19,23). The fraction of sp³-hybridized carbons (Fsp3) is 0.438. The average Bonchev–Trinajstić information content (AvgIpc) is 3.09. The van der Waals surface area contributed by atoms with Crippen molar-refractivity contribution in [1.82, 2.24) is 25.2 Å². The van der Waals surface area contributed by atoms with Gasteiger partial charge in [-0.05, 0) is 18.9 Å². The second-order valence-electron chi connectivity index (χ2n) is 5.74. The number of carbonyl (C=O) groups excluding carboxylic acids is 2. The van der Waals surface area contributed by atoms with Crippen molar-refractivity contribution in [2.24, 2.45) is 5.92 Å². The molecule has 2 amide bonds. The number of likely N-dealkylation sites (tertiary alicyclic amines) is 1. The summed E-state index contributed by atoms with van der Waals surface area (Å²) in [5, 5.41) is 5.55. The number of rotatable bonds is 4. The van der Waals surface area contributed by atoms with E-state index in [4.69, 9.17) is 0 Å². The number of piperidine rings is 1. The van der Waals surface area contributed by atoms with Crippen molar-refractivity contribution in [3.05, 3.63) is 29.5 Å². The van der Waals surface area contributed by atoms with E-state index in [-0.39, 0.29) is 17.7 Å². The molecule has 3 heterocycles. The van der Waals surface area contributed by atoms with Crippen LogP contribution >= 0.6 is 11.3 Å². The van der Waals surface area contributed by atoms with Crippen LogP contribution in [0.15, 0.2) is 23.8 Å². The van der Waals surface area contributed by atoms with Crippen molar-refractivity contribution in [1.29, 1.82) is 0 Å². The third kappa shape index (κ3) is 3.94. The molecule has 1 N–H and O–H groups in total. The van der Waals surface area contributed by atoms with E-state index in [0.29, 0.717) is 18.9 Å². The van der Waals surface area contributed by atoms with Crippen LogP contribution in [-0.4, -0.2) is 44.8 Å². The van der Waals surface area contributed by atoms with Crippen LogP contribution in [0.5, 0.6) is 0 Å². The van der Waals surface area contributed by atoms with Gasteiger partial charge in [0.25, 0.3) is 0 Å². The Morgan fingerprint density at radius 3 is 2.92 bits per heavy atom. The van der Waals surface area contributed by atoms with Gasteiger partial charge in [-0.1, -0.05) is 0 Å². The normalized spacial score (nSPS) is 17.5. The molecule has 2 aromatic rings. The molecule has 1 aliphatic rings. The molecule has 0 saturated carbocycles. The number of nitrogens with one attached hydrogen (secondary N) is 1. The van der Waals surface area contributed by atoms with E-state index in [1.165, 1.54) is 11.3 Å². The minimum Gasteiger partial charge on any atom is -0.350 e. The Labute approximate surface area is 144 Å². The lowest BCUT2D eigenvalue weighted by Gasteiger charge is -2.31. The first-order valence-corrected chi connectivity index (χ1v) is 8.76. The molecule has 8 heteroatoms. The van der Waals surface area contributed by atoms with Gasteiger partial charge in [0.15, 0.2) is 10.8 Å². The lowest BCUT2D eigenvalue weighted by Crippen LogP contribution is -2.44. The van der Waals surface area contributed by atoms with Crippen molar-refractivity contribution < 1.29 is 9.59 Å². The first-order chi connectivity index (χ1) is 11.6. The molecule has 0 bridgehead atoms. The number of hydrogen-bond donors (Lipinski definition) is 1. The number of carbonyl (C=O) groups is 2. The molecule has 1 aliphatic heterocycles. The van der Waals surface area contributed by atoms with Crippen LogP contribution < -0.4 is 5.32 Å². The monoisotopic (exact) mass is 345 g/mol. The SMILES string of the molecule is CC(=O)N1CCCC(C(=O)NCc2csc(-c3ncccn3)n2)C1. The van der Waals surface area contributed by atoms with Crippen LogP contribution in [0.3, 0.4) is 0 Å². The van der Waals surface area contributed by atoms with E-state index in [0.717, 1.165) is 30.1 Å². The third-order valence-electron chi connectivity index (χ3n) is 3.99. The first kappa shape index (κ1) is 16.5. The van der Waals surface area contributed by atoms with Gasteiger partial charge in [-0.15, -0.1) is 11.3 Å². The van der Waals surface area contributed by atoms with Crippen molar-refractivity contribution in [3.8, 4) is 10.8 Å². The summed E-state index contributed by atoms with van der Waals surface area (Å²) in [7, 11) is 0. The highest BCUT2D eigenvalue weighted by atomic mass is 32.1. The molecule has 0 aromatic carbocycles.